The Morgan fingerprint density at radius 1 is 1.00 bits per heavy atom. The van der Waals surface area contributed by atoms with Gasteiger partial charge in [0, 0.05) is 6.54 Å². The first-order chi connectivity index (χ1) is 10.3. The Kier molecular flexibility index (Phi) is 4.76. The number of halogens is 3. The second-order valence-electron chi connectivity index (χ2n) is 5.19. The van der Waals surface area contributed by atoms with Crippen LogP contribution in [0.3, 0.4) is 0 Å². The van der Waals surface area contributed by atoms with E-state index < -0.39 is 6.36 Å². The number of aryl methyl sites for hydroxylation is 2. The van der Waals surface area contributed by atoms with Crippen LogP contribution in [0.5, 0.6) is 5.75 Å². The highest BCUT2D eigenvalue weighted by Crippen LogP contribution is 2.30. The number of alkyl halides is 3. The average Bonchev–Trinajstić information content (AvgIpc) is 2.41. The normalized spacial score (nSPS) is 11.5. The van der Waals surface area contributed by atoms with Crippen molar-refractivity contribution in [3.63, 3.8) is 0 Å². The van der Waals surface area contributed by atoms with Crippen molar-refractivity contribution >= 4 is 0 Å². The van der Waals surface area contributed by atoms with E-state index in [2.05, 4.69) is 10.1 Å². The van der Waals surface area contributed by atoms with E-state index in [0.29, 0.717) is 5.56 Å². The molecule has 0 unspecified atom stereocenters. The van der Waals surface area contributed by atoms with Crippen LogP contribution in [0.4, 0.5) is 13.2 Å². The molecule has 0 heterocycles. The fraction of sp³-hybridized carbons (Fsp3) is 0.294. The maximum absolute atomic E-state index is 12.3. The lowest BCUT2D eigenvalue weighted by Gasteiger charge is -2.14. The van der Waals surface area contributed by atoms with Gasteiger partial charge in [0.15, 0.2) is 0 Å². The number of nitrogens with one attached hydrogen (secondary N) is 1. The molecule has 2 nitrogen and oxygen atoms in total. The lowest BCUT2D eigenvalue weighted by atomic mass is 9.95. The summed E-state index contributed by atoms with van der Waals surface area (Å²) in [5.74, 6) is -0.209. The van der Waals surface area contributed by atoms with Crippen molar-refractivity contribution in [1.82, 2.24) is 5.32 Å². The number of hydrogen-bond donors (Lipinski definition) is 1. The molecule has 0 amide bonds. The SMILES string of the molecule is CNCc1c(C)cc(-c2cccc(OC(F)(F)F)c2)cc1C. The molecular weight excluding hydrogens is 291 g/mol. The van der Waals surface area contributed by atoms with E-state index in [-0.39, 0.29) is 5.75 Å². The van der Waals surface area contributed by atoms with Crippen LogP contribution in [-0.2, 0) is 6.54 Å². The van der Waals surface area contributed by atoms with Gasteiger partial charge in [-0.1, -0.05) is 24.3 Å². The summed E-state index contributed by atoms with van der Waals surface area (Å²) >= 11 is 0. The van der Waals surface area contributed by atoms with E-state index in [1.165, 1.54) is 17.7 Å². The van der Waals surface area contributed by atoms with Gasteiger partial charge in [-0.2, -0.15) is 0 Å². The number of ether oxygens (including phenoxy) is 1. The van der Waals surface area contributed by atoms with E-state index in [0.717, 1.165) is 23.2 Å². The molecular formula is C17H18F3NO. The molecule has 0 aliphatic rings. The summed E-state index contributed by atoms with van der Waals surface area (Å²) in [4.78, 5) is 0. The fourth-order valence-electron chi connectivity index (χ4n) is 2.49. The minimum absolute atomic E-state index is 0.209. The van der Waals surface area contributed by atoms with Crippen LogP contribution in [0, 0.1) is 13.8 Å². The molecule has 0 spiro atoms. The van der Waals surface area contributed by atoms with Gasteiger partial charge in [0.05, 0.1) is 0 Å². The van der Waals surface area contributed by atoms with Gasteiger partial charge in [-0.05, 0) is 60.8 Å². The molecule has 0 radical (unpaired) electrons. The monoisotopic (exact) mass is 309 g/mol. The van der Waals surface area contributed by atoms with Gasteiger partial charge in [-0.25, -0.2) is 0 Å². The highest BCUT2D eigenvalue weighted by Gasteiger charge is 2.31. The molecule has 0 saturated carbocycles. The topological polar surface area (TPSA) is 21.3 Å². The zero-order valence-electron chi connectivity index (χ0n) is 12.7. The van der Waals surface area contributed by atoms with Crippen LogP contribution in [0.25, 0.3) is 11.1 Å². The molecule has 2 aromatic carbocycles. The maximum atomic E-state index is 12.3. The van der Waals surface area contributed by atoms with E-state index in [1.807, 2.05) is 33.0 Å². The molecule has 0 fully saturated rings. The number of benzene rings is 2. The maximum Gasteiger partial charge on any atom is 0.573 e. The molecule has 1 N–H and O–H groups in total. The summed E-state index contributed by atoms with van der Waals surface area (Å²) in [6.07, 6.45) is -4.68. The zero-order valence-corrected chi connectivity index (χ0v) is 12.7. The molecule has 0 aliphatic carbocycles. The van der Waals surface area contributed by atoms with Gasteiger partial charge < -0.3 is 10.1 Å². The number of hydrogen-bond acceptors (Lipinski definition) is 2. The molecule has 0 aromatic heterocycles. The lowest BCUT2D eigenvalue weighted by Crippen LogP contribution is -2.17. The van der Waals surface area contributed by atoms with Gasteiger partial charge in [0.1, 0.15) is 5.75 Å². The Labute approximate surface area is 127 Å². The Balaban J connectivity index is 2.38. The van der Waals surface area contributed by atoms with Crippen molar-refractivity contribution < 1.29 is 17.9 Å². The van der Waals surface area contributed by atoms with Crippen molar-refractivity contribution in [1.29, 1.82) is 0 Å². The highest BCUT2D eigenvalue weighted by atomic mass is 19.4. The Bertz CT molecular complexity index is 642. The molecule has 0 bridgehead atoms. The minimum atomic E-state index is -4.68. The van der Waals surface area contributed by atoms with Crippen molar-refractivity contribution in [2.45, 2.75) is 26.8 Å². The van der Waals surface area contributed by atoms with Crippen LogP contribution in [0.1, 0.15) is 16.7 Å². The van der Waals surface area contributed by atoms with Gasteiger partial charge in [0.2, 0.25) is 0 Å². The Morgan fingerprint density at radius 3 is 2.18 bits per heavy atom. The Hall–Kier alpha value is -2.01. The van der Waals surface area contributed by atoms with Crippen LogP contribution < -0.4 is 10.1 Å². The average molecular weight is 309 g/mol. The molecule has 2 aromatic rings. The van der Waals surface area contributed by atoms with Gasteiger partial charge in [-0.15, -0.1) is 13.2 Å². The second kappa shape index (κ2) is 6.40. The molecule has 5 heteroatoms. The minimum Gasteiger partial charge on any atom is -0.406 e. The summed E-state index contributed by atoms with van der Waals surface area (Å²) in [5.41, 5.74) is 4.98. The Morgan fingerprint density at radius 2 is 1.64 bits per heavy atom. The fourth-order valence-corrected chi connectivity index (χ4v) is 2.49. The first-order valence-electron chi connectivity index (χ1n) is 6.91. The van der Waals surface area contributed by atoms with Gasteiger partial charge >= 0.3 is 6.36 Å². The quantitative estimate of drug-likeness (QED) is 0.892. The van der Waals surface area contributed by atoms with Gasteiger partial charge in [0.25, 0.3) is 0 Å². The van der Waals surface area contributed by atoms with Crippen LogP contribution >= 0.6 is 0 Å². The smallest absolute Gasteiger partial charge is 0.406 e. The van der Waals surface area contributed by atoms with Crippen molar-refractivity contribution in [2.24, 2.45) is 0 Å². The van der Waals surface area contributed by atoms with Crippen LogP contribution in [-0.4, -0.2) is 13.4 Å². The standard InChI is InChI=1S/C17H18F3NO/c1-11-7-14(8-12(2)16(11)10-21-3)13-5-4-6-15(9-13)22-17(18,19)20/h4-9,21H,10H2,1-3H3. The summed E-state index contributed by atoms with van der Waals surface area (Å²) in [5, 5.41) is 3.11. The summed E-state index contributed by atoms with van der Waals surface area (Å²) in [6.45, 7) is 4.76. The van der Waals surface area contributed by atoms with Crippen molar-refractivity contribution in [2.75, 3.05) is 7.05 Å². The first kappa shape index (κ1) is 16.4. The van der Waals surface area contributed by atoms with Crippen molar-refractivity contribution in [3.8, 4) is 16.9 Å². The van der Waals surface area contributed by atoms with Crippen molar-refractivity contribution in [3.05, 3.63) is 53.1 Å². The third-order valence-electron chi connectivity index (χ3n) is 3.45. The lowest BCUT2D eigenvalue weighted by molar-refractivity contribution is -0.274. The molecule has 118 valence electrons. The first-order valence-corrected chi connectivity index (χ1v) is 6.91. The van der Waals surface area contributed by atoms with Crippen LogP contribution in [0.15, 0.2) is 36.4 Å². The van der Waals surface area contributed by atoms with E-state index in [4.69, 9.17) is 0 Å². The third kappa shape index (κ3) is 4.01. The second-order valence-corrected chi connectivity index (χ2v) is 5.19. The summed E-state index contributed by atoms with van der Waals surface area (Å²) in [6, 6.07) is 9.99. The molecule has 0 aliphatic heterocycles. The van der Waals surface area contributed by atoms with Crippen LogP contribution in [0.2, 0.25) is 0 Å². The van der Waals surface area contributed by atoms with E-state index in [1.54, 1.807) is 12.1 Å². The number of rotatable bonds is 4. The van der Waals surface area contributed by atoms with Gasteiger partial charge in [-0.3, -0.25) is 0 Å². The molecule has 0 atom stereocenters. The summed E-state index contributed by atoms with van der Waals surface area (Å²) < 4.78 is 40.9. The molecule has 2 rings (SSSR count). The highest BCUT2D eigenvalue weighted by molar-refractivity contribution is 5.67. The largest absolute Gasteiger partial charge is 0.573 e. The predicted molar refractivity (Wildman–Crippen MR) is 80.8 cm³/mol. The molecule has 22 heavy (non-hydrogen) atoms. The van der Waals surface area contributed by atoms with E-state index >= 15 is 0 Å². The third-order valence-corrected chi connectivity index (χ3v) is 3.45. The van der Waals surface area contributed by atoms with E-state index in [9.17, 15) is 13.2 Å². The summed E-state index contributed by atoms with van der Waals surface area (Å²) in [7, 11) is 1.88. The zero-order chi connectivity index (χ0) is 16.3. The molecule has 0 saturated heterocycles. The predicted octanol–water partition coefficient (Wildman–Crippen LogP) is 4.59.